The Bertz CT molecular complexity index is 369. The Morgan fingerprint density at radius 2 is 2.25 bits per heavy atom. The van der Waals surface area contributed by atoms with Gasteiger partial charge in [0, 0.05) is 18.0 Å². The number of rotatable bonds is 1. The van der Waals surface area contributed by atoms with Crippen LogP contribution < -0.4 is 0 Å². The van der Waals surface area contributed by atoms with Crippen LogP contribution in [0.1, 0.15) is 0 Å². The summed E-state index contributed by atoms with van der Waals surface area (Å²) < 4.78 is 1.15. The third-order valence-corrected chi connectivity index (χ3v) is 3.07. The predicted molar refractivity (Wildman–Crippen MR) is 55.3 cm³/mol. The van der Waals surface area contributed by atoms with E-state index in [1.54, 1.807) is 17.5 Å². The van der Waals surface area contributed by atoms with Gasteiger partial charge in [0.1, 0.15) is 0 Å². The van der Waals surface area contributed by atoms with E-state index in [1.165, 1.54) is 11.1 Å². The first-order valence-corrected chi connectivity index (χ1v) is 5.18. The van der Waals surface area contributed by atoms with Crippen molar-refractivity contribution in [1.29, 1.82) is 0 Å². The predicted octanol–water partition coefficient (Wildman–Crippen LogP) is 3.57. The van der Waals surface area contributed by atoms with Crippen molar-refractivity contribution in [3.63, 3.8) is 0 Å². The fourth-order valence-corrected chi connectivity index (χ4v) is 2.16. The van der Waals surface area contributed by atoms with Crippen LogP contribution >= 0.6 is 27.3 Å². The van der Waals surface area contributed by atoms with Crippen LogP contribution in [0.5, 0.6) is 0 Å². The molecule has 0 aliphatic rings. The summed E-state index contributed by atoms with van der Waals surface area (Å²) in [6.07, 6.45) is 3.65. The summed E-state index contributed by atoms with van der Waals surface area (Å²) in [7, 11) is 0. The van der Waals surface area contributed by atoms with Gasteiger partial charge in [-0.1, -0.05) is 6.07 Å². The molecule has 12 heavy (non-hydrogen) atoms. The van der Waals surface area contributed by atoms with Gasteiger partial charge in [0.2, 0.25) is 0 Å². The van der Waals surface area contributed by atoms with E-state index < -0.39 is 0 Å². The lowest BCUT2D eigenvalue weighted by molar-refractivity contribution is 1.33. The van der Waals surface area contributed by atoms with Crippen molar-refractivity contribution in [1.82, 2.24) is 4.98 Å². The molecule has 0 bridgehead atoms. The minimum Gasteiger partial charge on any atom is -0.264 e. The van der Waals surface area contributed by atoms with E-state index >= 15 is 0 Å². The van der Waals surface area contributed by atoms with Crippen molar-refractivity contribution in [2.24, 2.45) is 0 Å². The number of thiophene rings is 1. The lowest BCUT2D eigenvalue weighted by atomic mass is 10.2. The Hall–Kier alpha value is -0.670. The lowest BCUT2D eigenvalue weighted by Gasteiger charge is -1.93. The fraction of sp³-hybridized carbons (Fsp3) is 0. The van der Waals surface area contributed by atoms with Gasteiger partial charge in [-0.25, -0.2) is 0 Å². The number of halogens is 1. The van der Waals surface area contributed by atoms with E-state index in [-0.39, 0.29) is 0 Å². The first-order chi connectivity index (χ1) is 5.86. The molecule has 0 fully saturated rings. The van der Waals surface area contributed by atoms with Gasteiger partial charge < -0.3 is 0 Å². The van der Waals surface area contributed by atoms with Crippen LogP contribution in [0.3, 0.4) is 0 Å². The van der Waals surface area contributed by atoms with Gasteiger partial charge in [0.25, 0.3) is 0 Å². The Balaban J connectivity index is 2.45. The second-order valence-electron chi connectivity index (χ2n) is 2.38. The molecule has 2 aromatic rings. The monoisotopic (exact) mass is 239 g/mol. The highest BCUT2D eigenvalue weighted by atomic mass is 79.9. The van der Waals surface area contributed by atoms with Crippen LogP contribution in [-0.4, -0.2) is 4.98 Å². The van der Waals surface area contributed by atoms with Crippen LogP contribution in [0.2, 0.25) is 0 Å². The second-order valence-corrected chi connectivity index (χ2v) is 4.67. The molecule has 0 saturated heterocycles. The first-order valence-electron chi connectivity index (χ1n) is 3.51. The third kappa shape index (κ3) is 1.57. The van der Waals surface area contributed by atoms with Crippen molar-refractivity contribution in [2.75, 3.05) is 0 Å². The zero-order chi connectivity index (χ0) is 8.39. The zero-order valence-corrected chi connectivity index (χ0v) is 8.60. The summed E-state index contributed by atoms with van der Waals surface area (Å²) in [6.45, 7) is 0. The maximum atomic E-state index is 4.06. The highest BCUT2D eigenvalue weighted by Crippen LogP contribution is 2.28. The smallest absolute Gasteiger partial charge is 0.0704 e. The number of hydrogen-bond acceptors (Lipinski definition) is 2. The van der Waals surface area contributed by atoms with Crippen LogP contribution in [0.4, 0.5) is 0 Å². The van der Waals surface area contributed by atoms with Crippen molar-refractivity contribution < 1.29 is 0 Å². The van der Waals surface area contributed by atoms with Crippen molar-refractivity contribution in [3.8, 4) is 11.1 Å². The van der Waals surface area contributed by atoms with Gasteiger partial charge in [-0.3, -0.25) is 4.98 Å². The van der Waals surface area contributed by atoms with Crippen LogP contribution in [0.15, 0.2) is 39.8 Å². The van der Waals surface area contributed by atoms with Gasteiger partial charge in [-0.2, -0.15) is 0 Å². The van der Waals surface area contributed by atoms with Crippen molar-refractivity contribution in [2.45, 2.75) is 0 Å². The Morgan fingerprint density at radius 1 is 1.33 bits per heavy atom. The number of aromatic nitrogens is 1. The summed E-state index contributed by atoms with van der Waals surface area (Å²) in [5.74, 6) is 0. The molecule has 0 N–H and O–H groups in total. The molecule has 0 atom stereocenters. The normalized spacial score (nSPS) is 10.1. The highest BCUT2D eigenvalue weighted by Gasteiger charge is 1.98. The fourth-order valence-electron chi connectivity index (χ4n) is 0.995. The molecule has 0 unspecified atom stereocenters. The third-order valence-electron chi connectivity index (χ3n) is 1.56. The van der Waals surface area contributed by atoms with E-state index in [4.69, 9.17) is 0 Å². The van der Waals surface area contributed by atoms with Crippen LogP contribution in [0.25, 0.3) is 11.1 Å². The summed E-state index contributed by atoms with van der Waals surface area (Å²) in [5.41, 5.74) is 2.39. The number of nitrogens with zero attached hydrogens (tertiary/aromatic N) is 1. The van der Waals surface area contributed by atoms with Gasteiger partial charge in [-0.15, -0.1) is 11.3 Å². The van der Waals surface area contributed by atoms with E-state index in [2.05, 4.69) is 38.4 Å². The average molecular weight is 240 g/mol. The molecule has 0 spiro atoms. The van der Waals surface area contributed by atoms with Gasteiger partial charge in [0.15, 0.2) is 0 Å². The SMILES string of the molecule is Brc1cc(-c2cccnc2)cs1. The molecular formula is C9H6BrNS. The van der Waals surface area contributed by atoms with E-state index in [1.807, 2.05) is 12.3 Å². The van der Waals surface area contributed by atoms with Crippen molar-refractivity contribution in [3.05, 3.63) is 39.8 Å². The highest BCUT2D eigenvalue weighted by molar-refractivity contribution is 9.11. The molecule has 0 aliphatic carbocycles. The number of hydrogen-bond donors (Lipinski definition) is 0. The first kappa shape index (κ1) is 7.95. The molecule has 2 rings (SSSR count). The molecule has 2 heterocycles. The van der Waals surface area contributed by atoms with E-state index in [0.717, 1.165) is 3.79 Å². The lowest BCUT2D eigenvalue weighted by Crippen LogP contribution is -1.73. The summed E-state index contributed by atoms with van der Waals surface area (Å²) in [5, 5.41) is 2.11. The Labute approximate surface area is 83.2 Å². The van der Waals surface area contributed by atoms with Crippen LogP contribution in [0, 0.1) is 0 Å². The van der Waals surface area contributed by atoms with Gasteiger partial charge in [0.05, 0.1) is 3.79 Å². The minimum absolute atomic E-state index is 1.15. The molecule has 0 saturated carbocycles. The molecule has 60 valence electrons. The molecule has 1 nitrogen and oxygen atoms in total. The molecule has 0 aliphatic heterocycles. The quantitative estimate of drug-likeness (QED) is 0.742. The summed E-state index contributed by atoms with van der Waals surface area (Å²) in [6, 6.07) is 6.10. The van der Waals surface area contributed by atoms with Gasteiger partial charge >= 0.3 is 0 Å². The van der Waals surface area contributed by atoms with E-state index in [9.17, 15) is 0 Å². The van der Waals surface area contributed by atoms with Crippen molar-refractivity contribution >= 4 is 27.3 Å². The molecule has 2 aromatic heterocycles. The van der Waals surface area contributed by atoms with Crippen LogP contribution in [-0.2, 0) is 0 Å². The summed E-state index contributed by atoms with van der Waals surface area (Å²) in [4.78, 5) is 4.06. The molecule has 0 radical (unpaired) electrons. The standard InChI is InChI=1S/C9H6BrNS/c10-9-4-8(6-12-9)7-2-1-3-11-5-7/h1-6H. The van der Waals surface area contributed by atoms with Gasteiger partial charge in [-0.05, 0) is 39.0 Å². The molecule has 0 amide bonds. The Kier molecular flexibility index (Phi) is 2.23. The molecular weight excluding hydrogens is 234 g/mol. The molecule has 0 aromatic carbocycles. The molecule has 3 heteroatoms. The second kappa shape index (κ2) is 3.37. The maximum Gasteiger partial charge on any atom is 0.0704 e. The van der Waals surface area contributed by atoms with E-state index in [0.29, 0.717) is 0 Å². The maximum absolute atomic E-state index is 4.06. The zero-order valence-electron chi connectivity index (χ0n) is 6.20. The Morgan fingerprint density at radius 3 is 2.83 bits per heavy atom. The average Bonchev–Trinajstić information content (AvgIpc) is 2.54. The number of pyridine rings is 1. The minimum atomic E-state index is 1.15. The topological polar surface area (TPSA) is 12.9 Å². The summed E-state index contributed by atoms with van der Waals surface area (Å²) >= 11 is 5.12. The largest absolute Gasteiger partial charge is 0.264 e.